The molecule has 1 amide bonds. The zero-order chi connectivity index (χ0) is 25.0. The van der Waals surface area contributed by atoms with Crippen molar-refractivity contribution in [3.05, 3.63) is 96.9 Å². The molecule has 1 aromatic heterocycles. The molecule has 0 aliphatic carbocycles. The van der Waals surface area contributed by atoms with E-state index >= 15 is 0 Å². The molecule has 3 aromatic rings. The second kappa shape index (κ2) is 9.88. The SMILES string of the molecule is NC(=O)C(=O)C(Cc1ccccc1)N1C=CC=CC1n1ccc(-c2cccc(OC(F)(F)F)c2)n1. The number of ketones is 1. The zero-order valence-electron chi connectivity index (χ0n) is 18.3. The smallest absolute Gasteiger partial charge is 0.406 e. The van der Waals surface area contributed by atoms with Crippen molar-refractivity contribution in [2.45, 2.75) is 25.0 Å². The molecule has 2 unspecified atom stereocenters. The average molecular weight is 482 g/mol. The van der Waals surface area contributed by atoms with Crippen LogP contribution in [0.4, 0.5) is 13.2 Å². The van der Waals surface area contributed by atoms with Gasteiger partial charge in [0.2, 0.25) is 5.78 Å². The predicted octanol–water partition coefficient (Wildman–Crippen LogP) is 4.00. The first-order chi connectivity index (χ1) is 16.7. The third kappa shape index (κ3) is 5.78. The van der Waals surface area contributed by atoms with Gasteiger partial charge in [0.1, 0.15) is 18.0 Å². The Hall–Kier alpha value is -4.34. The molecule has 0 spiro atoms. The maximum absolute atomic E-state index is 12.8. The van der Waals surface area contributed by atoms with Crippen LogP contribution in [0.1, 0.15) is 11.7 Å². The molecule has 2 atom stereocenters. The van der Waals surface area contributed by atoms with Crippen LogP contribution >= 0.6 is 0 Å². The molecule has 1 aliphatic heterocycles. The van der Waals surface area contributed by atoms with Gasteiger partial charge in [-0.15, -0.1) is 13.2 Å². The maximum atomic E-state index is 12.8. The van der Waals surface area contributed by atoms with Crippen molar-refractivity contribution in [2.24, 2.45) is 5.73 Å². The fourth-order valence-corrected chi connectivity index (χ4v) is 3.84. The molecule has 2 aromatic carbocycles. The second-order valence-corrected chi connectivity index (χ2v) is 7.78. The van der Waals surface area contributed by atoms with Crippen molar-refractivity contribution in [1.82, 2.24) is 14.7 Å². The number of carbonyl (C=O) groups excluding carboxylic acids is 2. The number of nitrogens with two attached hydrogens (primary N) is 1. The first kappa shape index (κ1) is 23.8. The number of carbonyl (C=O) groups is 2. The summed E-state index contributed by atoms with van der Waals surface area (Å²) >= 11 is 0. The largest absolute Gasteiger partial charge is 0.573 e. The summed E-state index contributed by atoms with van der Waals surface area (Å²) in [7, 11) is 0. The molecule has 0 radical (unpaired) electrons. The lowest BCUT2D eigenvalue weighted by atomic mass is 9.99. The van der Waals surface area contributed by atoms with Crippen LogP contribution in [0.3, 0.4) is 0 Å². The molecule has 180 valence electrons. The van der Waals surface area contributed by atoms with Crippen LogP contribution in [0.25, 0.3) is 11.3 Å². The Kier molecular flexibility index (Phi) is 6.72. The van der Waals surface area contributed by atoms with Gasteiger partial charge in [-0.3, -0.25) is 9.59 Å². The number of allylic oxidation sites excluding steroid dienone is 2. The van der Waals surface area contributed by atoms with E-state index in [2.05, 4.69) is 9.84 Å². The summed E-state index contributed by atoms with van der Waals surface area (Å²) in [5.41, 5.74) is 7.01. The number of amides is 1. The highest BCUT2D eigenvalue weighted by atomic mass is 19.4. The van der Waals surface area contributed by atoms with Crippen LogP contribution in [0.15, 0.2) is 91.3 Å². The summed E-state index contributed by atoms with van der Waals surface area (Å²) in [5.74, 6) is -2.15. The number of Topliss-reactive ketones (excluding diaryl/α,β-unsaturated/α-hetero) is 1. The highest BCUT2D eigenvalue weighted by molar-refractivity contribution is 6.37. The number of rotatable bonds is 8. The van der Waals surface area contributed by atoms with E-state index in [-0.39, 0.29) is 12.2 Å². The van der Waals surface area contributed by atoms with Crippen molar-refractivity contribution in [3.63, 3.8) is 0 Å². The minimum atomic E-state index is -4.81. The fraction of sp³-hybridized carbons (Fsp3) is 0.160. The second-order valence-electron chi connectivity index (χ2n) is 7.78. The van der Waals surface area contributed by atoms with Crippen LogP contribution < -0.4 is 10.5 Å². The lowest BCUT2D eigenvalue weighted by Gasteiger charge is -2.36. The van der Waals surface area contributed by atoms with E-state index in [4.69, 9.17) is 5.73 Å². The first-order valence-corrected chi connectivity index (χ1v) is 10.6. The highest BCUT2D eigenvalue weighted by Crippen LogP contribution is 2.29. The predicted molar refractivity (Wildman–Crippen MR) is 122 cm³/mol. The molecular weight excluding hydrogens is 461 g/mol. The first-order valence-electron chi connectivity index (χ1n) is 10.6. The summed E-state index contributed by atoms with van der Waals surface area (Å²) in [6.07, 6.45) is 3.45. The van der Waals surface area contributed by atoms with Crippen LogP contribution in [-0.4, -0.2) is 38.8 Å². The molecule has 4 rings (SSSR count). The van der Waals surface area contributed by atoms with E-state index in [1.54, 1.807) is 52.3 Å². The quantitative estimate of drug-likeness (QED) is 0.490. The van der Waals surface area contributed by atoms with E-state index in [0.29, 0.717) is 11.3 Å². The molecule has 1 aliphatic rings. The number of hydrogen-bond donors (Lipinski definition) is 1. The molecule has 0 saturated heterocycles. The van der Waals surface area contributed by atoms with Gasteiger partial charge in [0.15, 0.2) is 0 Å². The molecule has 10 heteroatoms. The number of hydrogen-bond acceptors (Lipinski definition) is 5. The Balaban J connectivity index is 1.63. The molecule has 2 N–H and O–H groups in total. The van der Waals surface area contributed by atoms with Crippen LogP contribution in [0.2, 0.25) is 0 Å². The number of ether oxygens (including phenoxy) is 1. The summed E-state index contributed by atoms with van der Waals surface area (Å²) in [6, 6.07) is 15.5. The summed E-state index contributed by atoms with van der Waals surface area (Å²) in [6.45, 7) is 0. The third-order valence-electron chi connectivity index (χ3n) is 5.38. The highest BCUT2D eigenvalue weighted by Gasteiger charge is 2.33. The molecule has 0 saturated carbocycles. The van der Waals surface area contributed by atoms with E-state index in [1.807, 2.05) is 30.3 Å². The van der Waals surface area contributed by atoms with Gasteiger partial charge in [-0.2, -0.15) is 5.10 Å². The van der Waals surface area contributed by atoms with Crippen LogP contribution in [0.5, 0.6) is 5.75 Å². The lowest BCUT2D eigenvalue weighted by molar-refractivity contribution is -0.274. The molecule has 0 bridgehead atoms. The Bertz CT molecular complexity index is 1270. The molecule has 7 nitrogen and oxygen atoms in total. The number of benzene rings is 2. The topological polar surface area (TPSA) is 90.5 Å². The Labute approximate surface area is 198 Å². The third-order valence-corrected chi connectivity index (χ3v) is 5.38. The molecule has 0 fully saturated rings. The fourth-order valence-electron chi connectivity index (χ4n) is 3.84. The molecule has 35 heavy (non-hydrogen) atoms. The van der Waals surface area contributed by atoms with Gasteiger partial charge in [-0.25, -0.2) is 4.68 Å². The van der Waals surface area contributed by atoms with Crippen molar-refractivity contribution in [3.8, 4) is 17.0 Å². The number of primary amides is 1. The minimum absolute atomic E-state index is 0.238. The van der Waals surface area contributed by atoms with Gasteiger partial charge in [-0.1, -0.05) is 48.5 Å². The number of nitrogens with zero attached hydrogens (tertiary/aromatic N) is 3. The monoisotopic (exact) mass is 482 g/mol. The van der Waals surface area contributed by atoms with Gasteiger partial charge in [0.05, 0.1) is 5.69 Å². The van der Waals surface area contributed by atoms with E-state index in [0.717, 1.165) is 5.56 Å². The molecule has 2 heterocycles. The Morgan fingerprint density at radius 1 is 1.06 bits per heavy atom. The minimum Gasteiger partial charge on any atom is -0.406 e. The number of alkyl halides is 3. The van der Waals surface area contributed by atoms with Crippen molar-refractivity contribution in [2.75, 3.05) is 0 Å². The van der Waals surface area contributed by atoms with Crippen LogP contribution in [-0.2, 0) is 16.0 Å². The summed E-state index contributed by atoms with van der Waals surface area (Å²) < 4.78 is 43.3. The normalized spacial score (nSPS) is 16.2. The number of aromatic nitrogens is 2. The van der Waals surface area contributed by atoms with Crippen molar-refractivity contribution in [1.29, 1.82) is 0 Å². The van der Waals surface area contributed by atoms with Gasteiger partial charge >= 0.3 is 6.36 Å². The van der Waals surface area contributed by atoms with Gasteiger partial charge in [-0.05, 0) is 35.9 Å². The summed E-state index contributed by atoms with van der Waals surface area (Å²) in [5, 5.41) is 4.51. The zero-order valence-corrected chi connectivity index (χ0v) is 18.3. The van der Waals surface area contributed by atoms with Crippen molar-refractivity contribution < 1.29 is 27.5 Å². The molecular formula is C25H21F3N4O3. The Morgan fingerprint density at radius 3 is 2.54 bits per heavy atom. The van der Waals surface area contributed by atoms with Crippen molar-refractivity contribution >= 4 is 11.7 Å². The standard InChI is InChI=1S/C25H21F3N4O3/c26-25(27,28)35-19-10-6-9-18(16-19)20-12-14-32(30-20)22-11-4-5-13-31(22)21(23(33)24(29)34)15-17-7-2-1-3-8-17/h1-14,16,21-22H,15H2,(H2,29,34). The van der Waals surface area contributed by atoms with Crippen LogP contribution in [0, 0.1) is 0 Å². The van der Waals surface area contributed by atoms with Gasteiger partial charge in [0.25, 0.3) is 5.91 Å². The van der Waals surface area contributed by atoms with Gasteiger partial charge in [0, 0.05) is 24.4 Å². The van der Waals surface area contributed by atoms with E-state index in [9.17, 15) is 22.8 Å². The average Bonchev–Trinajstić information content (AvgIpc) is 3.32. The Morgan fingerprint density at radius 2 is 1.83 bits per heavy atom. The maximum Gasteiger partial charge on any atom is 0.573 e. The lowest BCUT2D eigenvalue weighted by Crippen LogP contribution is -2.48. The number of halogens is 3. The van der Waals surface area contributed by atoms with Gasteiger partial charge < -0.3 is 15.4 Å². The van der Waals surface area contributed by atoms with E-state index in [1.165, 1.54) is 18.2 Å². The summed E-state index contributed by atoms with van der Waals surface area (Å²) in [4.78, 5) is 26.3. The van der Waals surface area contributed by atoms with E-state index < -0.39 is 30.3 Å².